The quantitative estimate of drug-likeness (QED) is 0.884. The van der Waals surface area contributed by atoms with Crippen molar-refractivity contribution >= 4 is 5.82 Å². The van der Waals surface area contributed by atoms with Crippen LogP contribution in [0, 0.1) is 5.41 Å². The molecule has 3 nitrogen and oxygen atoms in total. The number of nitrogens with one attached hydrogen (secondary N) is 1. The van der Waals surface area contributed by atoms with Gasteiger partial charge in [0.25, 0.3) is 0 Å². The molecule has 0 unspecified atom stereocenters. The Morgan fingerprint density at radius 1 is 1.33 bits per heavy atom. The van der Waals surface area contributed by atoms with Gasteiger partial charge >= 0.3 is 0 Å². The fraction of sp³-hybridized carbons (Fsp3) is 0.667. The molecule has 1 aromatic heterocycles. The summed E-state index contributed by atoms with van der Waals surface area (Å²) in [4.78, 5) is 4.29. The van der Waals surface area contributed by atoms with Crippen LogP contribution in [0.5, 0.6) is 0 Å². The summed E-state index contributed by atoms with van der Waals surface area (Å²) in [5.74, 6) is 0.901. The molecule has 100 valence electrons. The minimum Gasteiger partial charge on any atom is -0.373 e. The Kier molecular flexibility index (Phi) is 4.23. The first-order chi connectivity index (χ1) is 8.59. The molecular formula is C15H24N2O. The standard InChI is InChI=1S/C15H24N2O/c1-15(2)8-6-13(7-9-15)18-11-12-4-5-14(16-3)17-10-12/h4-5,10,13H,6-9,11H2,1-3H3,(H,16,17). The predicted molar refractivity (Wildman–Crippen MR) is 74.6 cm³/mol. The lowest BCUT2D eigenvalue weighted by Crippen LogP contribution is -2.26. The molecule has 1 aromatic rings. The minimum atomic E-state index is 0.432. The van der Waals surface area contributed by atoms with Gasteiger partial charge in [0, 0.05) is 13.2 Å². The van der Waals surface area contributed by atoms with Crippen molar-refractivity contribution in [2.45, 2.75) is 52.2 Å². The van der Waals surface area contributed by atoms with Crippen LogP contribution in [0.1, 0.15) is 45.1 Å². The number of nitrogens with zero attached hydrogens (tertiary/aromatic N) is 1. The zero-order chi connectivity index (χ0) is 13.0. The van der Waals surface area contributed by atoms with Crippen molar-refractivity contribution < 1.29 is 4.74 Å². The second-order valence-electron chi connectivity index (χ2n) is 5.98. The molecule has 0 radical (unpaired) electrons. The van der Waals surface area contributed by atoms with Crippen LogP contribution in [0.2, 0.25) is 0 Å². The Balaban J connectivity index is 1.78. The molecular weight excluding hydrogens is 224 g/mol. The second-order valence-corrected chi connectivity index (χ2v) is 5.98. The lowest BCUT2D eigenvalue weighted by Gasteiger charge is -2.34. The minimum absolute atomic E-state index is 0.432. The molecule has 0 spiro atoms. The van der Waals surface area contributed by atoms with Gasteiger partial charge in [0.15, 0.2) is 0 Å². The molecule has 2 rings (SSSR count). The van der Waals surface area contributed by atoms with Crippen molar-refractivity contribution in [3.05, 3.63) is 23.9 Å². The van der Waals surface area contributed by atoms with E-state index in [9.17, 15) is 0 Å². The number of hydrogen-bond acceptors (Lipinski definition) is 3. The topological polar surface area (TPSA) is 34.1 Å². The molecule has 0 aromatic carbocycles. The van der Waals surface area contributed by atoms with E-state index in [4.69, 9.17) is 4.74 Å². The number of pyridine rings is 1. The summed E-state index contributed by atoms with van der Waals surface area (Å²) in [6, 6.07) is 4.06. The SMILES string of the molecule is CNc1ccc(COC2CCC(C)(C)CC2)cn1. The highest BCUT2D eigenvalue weighted by Crippen LogP contribution is 2.36. The van der Waals surface area contributed by atoms with Crippen LogP contribution in [0.25, 0.3) is 0 Å². The van der Waals surface area contributed by atoms with Crippen LogP contribution in [-0.2, 0) is 11.3 Å². The fourth-order valence-electron chi connectivity index (χ4n) is 2.41. The van der Waals surface area contributed by atoms with Gasteiger partial charge < -0.3 is 10.1 Å². The van der Waals surface area contributed by atoms with Crippen LogP contribution in [0.3, 0.4) is 0 Å². The van der Waals surface area contributed by atoms with Gasteiger partial charge in [-0.25, -0.2) is 4.98 Å². The summed E-state index contributed by atoms with van der Waals surface area (Å²) in [5.41, 5.74) is 1.66. The van der Waals surface area contributed by atoms with Crippen molar-refractivity contribution in [3.63, 3.8) is 0 Å². The predicted octanol–water partition coefficient (Wildman–Crippen LogP) is 3.61. The monoisotopic (exact) mass is 248 g/mol. The highest BCUT2D eigenvalue weighted by Gasteiger charge is 2.27. The van der Waals surface area contributed by atoms with E-state index in [0.717, 1.165) is 11.4 Å². The summed E-state index contributed by atoms with van der Waals surface area (Å²) in [5, 5.41) is 3.02. The zero-order valence-corrected chi connectivity index (χ0v) is 11.7. The Morgan fingerprint density at radius 2 is 2.06 bits per heavy atom. The molecule has 1 fully saturated rings. The molecule has 0 aliphatic heterocycles. The van der Waals surface area contributed by atoms with Gasteiger partial charge in [0.1, 0.15) is 5.82 Å². The van der Waals surface area contributed by atoms with E-state index in [1.165, 1.54) is 25.7 Å². The summed E-state index contributed by atoms with van der Waals surface area (Å²) >= 11 is 0. The fourth-order valence-corrected chi connectivity index (χ4v) is 2.41. The van der Waals surface area contributed by atoms with Crippen molar-refractivity contribution in [2.75, 3.05) is 12.4 Å². The number of rotatable bonds is 4. The van der Waals surface area contributed by atoms with E-state index >= 15 is 0 Å². The van der Waals surface area contributed by atoms with Crippen molar-refractivity contribution in [2.24, 2.45) is 5.41 Å². The van der Waals surface area contributed by atoms with Gasteiger partial charge in [-0.3, -0.25) is 0 Å². The molecule has 0 amide bonds. The normalized spacial score (nSPS) is 19.7. The lowest BCUT2D eigenvalue weighted by molar-refractivity contribution is -0.00567. The van der Waals surface area contributed by atoms with Crippen LogP contribution in [0.4, 0.5) is 5.82 Å². The molecule has 1 aliphatic carbocycles. The van der Waals surface area contributed by atoms with E-state index < -0.39 is 0 Å². The third-order valence-corrected chi connectivity index (χ3v) is 3.85. The molecule has 0 saturated heterocycles. The summed E-state index contributed by atoms with van der Waals surface area (Å²) in [7, 11) is 1.88. The van der Waals surface area contributed by atoms with Gasteiger partial charge in [-0.1, -0.05) is 19.9 Å². The third-order valence-electron chi connectivity index (χ3n) is 3.85. The van der Waals surface area contributed by atoms with E-state index in [2.05, 4.69) is 30.2 Å². The molecule has 0 bridgehead atoms. The van der Waals surface area contributed by atoms with Gasteiger partial charge in [-0.2, -0.15) is 0 Å². The van der Waals surface area contributed by atoms with E-state index in [1.54, 1.807) is 0 Å². The van der Waals surface area contributed by atoms with Crippen molar-refractivity contribution in [1.29, 1.82) is 0 Å². The number of hydrogen-bond donors (Lipinski definition) is 1. The van der Waals surface area contributed by atoms with Gasteiger partial charge in [0.05, 0.1) is 12.7 Å². The van der Waals surface area contributed by atoms with Crippen LogP contribution < -0.4 is 5.32 Å². The van der Waals surface area contributed by atoms with Crippen LogP contribution in [-0.4, -0.2) is 18.1 Å². The van der Waals surface area contributed by atoms with Gasteiger partial charge in [-0.15, -0.1) is 0 Å². The number of aromatic nitrogens is 1. The Labute approximate surface area is 110 Å². The highest BCUT2D eigenvalue weighted by molar-refractivity contribution is 5.34. The molecule has 0 atom stereocenters. The first-order valence-electron chi connectivity index (χ1n) is 6.83. The van der Waals surface area contributed by atoms with E-state index in [1.807, 2.05) is 19.3 Å². The van der Waals surface area contributed by atoms with E-state index in [0.29, 0.717) is 18.1 Å². The maximum absolute atomic E-state index is 5.98. The molecule has 1 heterocycles. The van der Waals surface area contributed by atoms with Gasteiger partial charge in [0.2, 0.25) is 0 Å². The molecule has 1 aliphatic rings. The Hall–Kier alpha value is -1.09. The number of anilines is 1. The number of ether oxygens (including phenoxy) is 1. The smallest absolute Gasteiger partial charge is 0.125 e. The van der Waals surface area contributed by atoms with Crippen molar-refractivity contribution in [3.8, 4) is 0 Å². The van der Waals surface area contributed by atoms with Crippen LogP contribution in [0.15, 0.2) is 18.3 Å². The summed E-state index contributed by atoms with van der Waals surface area (Å²) in [6.45, 7) is 5.38. The zero-order valence-electron chi connectivity index (χ0n) is 11.7. The Bertz CT molecular complexity index is 363. The average molecular weight is 248 g/mol. The average Bonchev–Trinajstić information content (AvgIpc) is 2.38. The molecule has 3 heteroatoms. The molecule has 1 saturated carbocycles. The van der Waals surface area contributed by atoms with Gasteiger partial charge in [-0.05, 0) is 42.7 Å². The molecule has 18 heavy (non-hydrogen) atoms. The van der Waals surface area contributed by atoms with Crippen LogP contribution >= 0.6 is 0 Å². The lowest BCUT2D eigenvalue weighted by atomic mass is 9.76. The highest BCUT2D eigenvalue weighted by atomic mass is 16.5. The van der Waals surface area contributed by atoms with E-state index in [-0.39, 0.29) is 0 Å². The Morgan fingerprint density at radius 3 is 2.61 bits per heavy atom. The first kappa shape index (κ1) is 13.3. The second kappa shape index (κ2) is 5.70. The largest absolute Gasteiger partial charge is 0.373 e. The molecule has 1 N–H and O–H groups in total. The maximum Gasteiger partial charge on any atom is 0.125 e. The summed E-state index contributed by atoms with van der Waals surface area (Å²) < 4.78 is 5.98. The first-order valence-corrected chi connectivity index (χ1v) is 6.83. The third kappa shape index (κ3) is 3.70. The maximum atomic E-state index is 5.98. The van der Waals surface area contributed by atoms with Crippen molar-refractivity contribution in [1.82, 2.24) is 4.98 Å². The summed E-state index contributed by atoms with van der Waals surface area (Å²) in [6.07, 6.45) is 7.24.